The normalized spacial score (nSPS) is 15.1. The standard InChI is InChI=1S/C17H18ClN3O3/c1-10-9-21(14-5-3-2-4-12(14)18)20-15(10)16(22)19-13(17(23)24)8-11-6-7-11/h2-5,9,11,13H,6-8H2,1H3,(H,19,22)(H,23,24). The maximum atomic E-state index is 12.4. The molecule has 1 amide bonds. The molecule has 1 atom stereocenters. The second-order valence-electron chi connectivity index (χ2n) is 6.10. The number of carbonyl (C=O) groups is 2. The number of carboxylic acid groups (broad SMARTS) is 1. The molecular weight excluding hydrogens is 330 g/mol. The summed E-state index contributed by atoms with van der Waals surface area (Å²) in [6.07, 6.45) is 4.22. The molecule has 1 heterocycles. The molecular formula is C17H18ClN3O3. The summed E-state index contributed by atoms with van der Waals surface area (Å²) in [6.45, 7) is 1.76. The zero-order valence-corrected chi connectivity index (χ0v) is 14.0. The van der Waals surface area contributed by atoms with Crippen LogP contribution in [0.2, 0.25) is 5.02 Å². The Hall–Kier alpha value is -2.34. The second kappa shape index (κ2) is 6.65. The number of rotatable bonds is 6. The van der Waals surface area contributed by atoms with E-state index in [2.05, 4.69) is 10.4 Å². The molecule has 1 unspecified atom stereocenters. The molecule has 24 heavy (non-hydrogen) atoms. The number of hydrogen-bond acceptors (Lipinski definition) is 3. The number of nitrogens with zero attached hydrogens (tertiary/aromatic N) is 2. The Bertz CT molecular complexity index is 783. The molecule has 2 aromatic rings. The lowest BCUT2D eigenvalue weighted by molar-refractivity contribution is -0.139. The second-order valence-corrected chi connectivity index (χ2v) is 6.51. The lowest BCUT2D eigenvalue weighted by Crippen LogP contribution is -2.41. The minimum Gasteiger partial charge on any atom is -0.480 e. The van der Waals surface area contributed by atoms with Crippen molar-refractivity contribution < 1.29 is 14.7 Å². The highest BCUT2D eigenvalue weighted by molar-refractivity contribution is 6.32. The largest absolute Gasteiger partial charge is 0.480 e. The van der Waals surface area contributed by atoms with E-state index in [-0.39, 0.29) is 5.69 Å². The summed E-state index contributed by atoms with van der Waals surface area (Å²) >= 11 is 6.15. The van der Waals surface area contributed by atoms with Crippen molar-refractivity contribution in [2.75, 3.05) is 0 Å². The number of aryl methyl sites for hydroxylation is 1. The van der Waals surface area contributed by atoms with Gasteiger partial charge in [0.25, 0.3) is 5.91 Å². The van der Waals surface area contributed by atoms with Gasteiger partial charge in [-0.3, -0.25) is 4.79 Å². The first-order chi connectivity index (χ1) is 11.5. The monoisotopic (exact) mass is 347 g/mol. The molecule has 0 radical (unpaired) electrons. The maximum absolute atomic E-state index is 12.4. The maximum Gasteiger partial charge on any atom is 0.326 e. The first-order valence-electron chi connectivity index (χ1n) is 7.80. The Morgan fingerprint density at radius 2 is 2.12 bits per heavy atom. The molecule has 3 rings (SSSR count). The quantitative estimate of drug-likeness (QED) is 0.841. The Morgan fingerprint density at radius 1 is 1.42 bits per heavy atom. The summed E-state index contributed by atoms with van der Waals surface area (Å²) in [7, 11) is 0. The molecule has 1 aliphatic carbocycles. The molecule has 0 saturated heterocycles. The highest BCUT2D eigenvalue weighted by Crippen LogP contribution is 2.33. The minimum absolute atomic E-state index is 0.206. The summed E-state index contributed by atoms with van der Waals surface area (Å²) in [5.74, 6) is -1.10. The van der Waals surface area contributed by atoms with Gasteiger partial charge in [-0.25, -0.2) is 9.48 Å². The third kappa shape index (κ3) is 3.59. The van der Waals surface area contributed by atoms with E-state index in [1.165, 1.54) is 4.68 Å². The molecule has 1 fully saturated rings. The molecule has 1 aliphatic rings. The predicted molar refractivity (Wildman–Crippen MR) is 89.5 cm³/mol. The van der Waals surface area contributed by atoms with E-state index >= 15 is 0 Å². The number of halogens is 1. The van der Waals surface area contributed by atoms with Gasteiger partial charge in [-0.05, 0) is 31.4 Å². The van der Waals surface area contributed by atoms with E-state index in [9.17, 15) is 14.7 Å². The van der Waals surface area contributed by atoms with Crippen LogP contribution < -0.4 is 5.32 Å². The lowest BCUT2D eigenvalue weighted by Gasteiger charge is -2.13. The van der Waals surface area contributed by atoms with E-state index in [4.69, 9.17) is 11.6 Å². The number of amides is 1. The summed E-state index contributed by atoms with van der Waals surface area (Å²) in [5, 5.41) is 16.6. The molecule has 0 aliphatic heterocycles. The number of aliphatic carboxylic acids is 1. The summed E-state index contributed by atoms with van der Waals surface area (Å²) in [4.78, 5) is 23.8. The van der Waals surface area contributed by atoms with Crippen LogP contribution in [0.1, 0.15) is 35.3 Å². The Labute approximate surface area is 144 Å². The molecule has 1 aromatic heterocycles. The highest BCUT2D eigenvalue weighted by atomic mass is 35.5. The third-order valence-corrected chi connectivity index (χ3v) is 4.40. The fourth-order valence-electron chi connectivity index (χ4n) is 2.58. The number of aromatic nitrogens is 2. The van der Waals surface area contributed by atoms with Crippen LogP contribution in [0.4, 0.5) is 0 Å². The van der Waals surface area contributed by atoms with Crippen molar-refractivity contribution >= 4 is 23.5 Å². The van der Waals surface area contributed by atoms with Crippen LogP contribution >= 0.6 is 11.6 Å². The van der Waals surface area contributed by atoms with Crippen LogP contribution in [0.15, 0.2) is 30.5 Å². The van der Waals surface area contributed by atoms with Crippen molar-refractivity contribution in [3.8, 4) is 5.69 Å². The summed E-state index contributed by atoms with van der Waals surface area (Å²) < 4.78 is 1.53. The summed E-state index contributed by atoms with van der Waals surface area (Å²) in [6, 6.07) is 6.29. The van der Waals surface area contributed by atoms with Gasteiger partial charge in [0.15, 0.2) is 5.69 Å². The molecule has 0 bridgehead atoms. The smallest absolute Gasteiger partial charge is 0.326 e. The molecule has 0 spiro atoms. The van der Waals surface area contributed by atoms with Crippen LogP contribution in [0.5, 0.6) is 0 Å². The van der Waals surface area contributed by atoms with Crippen LogP contribution in [-0.4, -0.2) is 32.8 Å². The SMILES string of the molecule is Cc1cn(-c2ccccc2Cl)nc1C(=O)NC(CC1CC1)C(=O)O. The topological polar surface area (TPSA) is 84.2 Å². The van der Waals surface area contributed by atoms with E-state index in [0.29, 0.717) is 28.6 Å². The highest BCUT2D eigenvalue weighted by Gasteiger charge is 2.31. The van der Waals surface area contributed by atoms with Gasteiger partial charge in [-0.1, -0.05) is 36.6 Å². The van der Waals surface area contributed by atoms with Crippen molar-refractivity contribution in [1.82, 2.24) is 15.1 Å². The van der Waals surface area contributed by atoms with Crippen molar-refractivity contribution in [2.24, 2.45) is 5.92 Å². The van der Waals surface area contributed by atoms with Crippen LogP contribution in [0.25, 0.3) is 5.69 Å². The van der Waals surface area contributed by atoms with Crippen molar-refractivity contribution in [3.63, 3.8) is 0 Å². The van der Waals surface area contributed by atoms with Crippen LogP contribution in [-0.2, 0) is 4.79 Å². The van der Waals surface area contributed by atoms with Crippen molar-refractivity contribution in [2.45, 2.75) is 32.2 Å². The first-order valence-corrected chi connectivity index (χ1v) is 8.18. The molecule has 2 N–H and O–H groups in total. The number of carboxylic acids is 1. The number of hydrogen-bond donors (Lipinski definition) is 2. The van der Waals surface area contributed by atoms with Gasteiger partial charge in [0, 0.05) is 11.8 Å². The van der Waals surface area contributed by atoms with Gasteiger partial charge in [-0.15, -0.1) is 0 Å². The zero-order chi connectivity index (χ0) is 17.3. The Morgan fingerprint density at radius 3 is 2.75 bits per heavy atom. The Balaban J connectivity index is 1.80. The van der Waals surface area contributed by atoms with E-state index in [1.54, 1.807) is 25.3 Å². The fraction of sp³-hybridized carbons (Fsp3) is 0.353. The fourth-order valence-corrected chi connectivity index (χ4v) is 2.80. The minimum atomic E-state index is -1.02. The average molecular weight is 348 g/mol. The van der Waals surface area contributed by atoms with Gasteiger partial charge in [0.2, 0.25) is 0 Å². The van der Waals surface area contributed by atoms with Gasteiger partial charge in [0.1, 0.15) is 6.04 Å². The lowest BCUT2D eigenvalue weighted by atomic mass is 10.1. The van der Waals surface area contributed by atoms with Gasteiger partial charge < -0.3 is 10.4 Å². The number of para-hydroxylation sites is 1. The number of carbonyl (C=O) groups excluding carboxylic acids is 1. The molecule has 1 saturated carbocycles. The van der Waals surface area contributed by atoms with E-state index in [1.807, 2.05) is 12.1 Å². The van der Waals surface area contributed by atoms with Crippen molar-refractivity contribution in [1.29, 1.82) is 0 Å². The average Bonchev–Trinajstić information content (AvgIpc) is 3.27. The van der Waals surface area contributed by atoms with Gasteiger partial charge in [-0.2, -0.15) is 5.10 Å². The molecule has 6 nitrogen and oxygen atoms in total. The molecule has 126 valence electrons. The molecule has 7 heteroatoms. The zero-order valence-electron chi connectivity index (χ0n) is 13.2. The number of benzene rings is 1. The van der Waals surface area contributed by atoms with E-state index < -0.39 is 17.9 Å². The van der Waals surface area contributed by atoms with Gasteiger partial charge >= 0.3 is 5.97 Å². The van der Waals surface area contributed by atoms with Crippen LogP contribution in [0, 0.1) is 12.8 Å². The predicted octanol–water partition coefficient (Wildman–Crippen LogP) is 2.82. The van der Waals surface area contributed by atoms with Crippen molar-refractivity contribution in [3.05, 3.63) is 46.7 Å². The first kappa shape index (κ1) is 16.5. The van der Waals surface area contributed by atoms with Crippen LogP contribution in [0.3, 0.4) is 0 Å². The Kier molecular flexibility index (Phi) is 4.57. The van der Waals surface area contributed by atoms with E-state index in [0.717, 1.165) is 12.8 Å². The summed E-state index contributed by atoms with van der Waals surface area (Å²) in [5.41, 5.74) is 1.52. The third-order valence-electron chi connectivity index (χ3n) is 4.08. The van der Waals surface area contributed by atoms with Gasteiger partial charge in [0.05, 0.1) is 10.7 Å². The molecule has 1 aromatic carbocycles. The number of nitrogens with one attached hydrogen (secondary N) is 1.